The molecule has 0 saturated heterocycles. The molecule has 1 unspecified atom stereocenters. The lowest BCUT2D eigenvalue weighted by Gasteiger charge is -2.16. The molecule has 2 aromatic heterocycles. The molecule has 0 aliphatic carbocycles. The van der Waals surface area contributed by atoms with Crippen LogP contribution >= 0.6 is 11.3 Å². The van der Waals surface area contributed by atoms with Gasteiger partial charge in [0.15, 0.2) is 0 Å². The van der Waals surface area contributed by atoms with E-state index in [1.807, 2.05) is 30.8 Å². The summed E-state index contributed by atoms with van der Waals surface area (Å²) in [6.07, 6.45) is 3.72. The molecule has 1 atom stereocenters. The van der Waals surface area contributed by atoms with Crippen molar-refractivity contribution in [2.75, 3.05) is 13.6 Å². The normalized spacial score (nSPS) is 12.6. The number of hydrogen-bond donors (Lipinski definition) is 1. The van der Waals surface area contributed by atoms with Crippen molar-refractivity contribution in [2.24, 2.45) is 0 Å². The Morgan fingerprint density at radius 3 is 2.62 bits per heavy atom. The highest BCUT2D eigenvalue weighted by atomic mass is 32.1. The van der Waals surface area contributed by atoms with Crippen LogP contribution < -0.4 is 5.32 Å². The number of hydrogen-bond acceptors (Lipinski definition) is 3. The monoisotopic (exact) mass is 232 g/mol. The number of nitrogens with one attached hydrogen (secondary N) is 1. The number of rotatable bonds is 4. The Balaban J connectivity index is 2.35. The van der Waals surface area contributed by atoms with E-state index in [-0.39, 0.29) is 0 Å². The smallest absolute Gasteiger partial charge is 0.0312 e. The Morgan fingerprint density at radius 2 is 2.06 bits per heavy atom. The fourth-order valence-corrected chi connectivity index (χ4v) is 2.96. The van der Waals surface area contributed by atoms with E-state index < -0.39 is 0 Å². The molecule has 0 fully saturated rings. The second kappa shape index (κ2) is 5.23. The van der Waals surface area contributed by atoms with E-state index in [0.717, 1.165) is 6.54 Å². The van der Waals surface area contributed by atoms with E-state index in [4.69, 9.17) is 0 Å². The SMILES string of the molecule is CNCC(c1ccncc1)c1sccc1C. The molecular weight excluding hydrogens is 216 g/mol. The molecular formula is C13H16N2S. The summed E-state index contributed by atoms with van der Waals surface area (Å²) in [5.74, 6) is 0.438. The van der Waals surface area contributed by atoms with Gasteiger partial charge in [-0.2, -0.15) is 0 Å². The van der Waals surface area contributed by atoms with Crippen LogP contribution in [-0.2, 0) is 0 Å². The van der Waals surface area contributed by atoms with Gasteiger partial charge in [0.05, 0.1) is 0 Å². The molecule has 0 amide bonds. The number of likely N-dealkylation sites (N-methyl/N-ethyl adjacent to an activating group) is 1. The maximum absolute atomic E-state index is 4.07. The molecule has 0 bridgehead atoms. The van der Waals surface area contributed by atoms with Crippen molar-refractivity contribution in [3.63, 3.8) is 0 Å². The molecule has 2 aromatic rings. The molecule has 2 heterocycles. The summed E-state index contributed by atoms with van der Waals surface area (Å²) in [5, 5.41) is 5.43. The largest absolute Gasteiger partial charge is 0.319 e. The van der Waals surface area contributed by atoms with Gasteiger partial charge in [0.2, 0.25) is 0 Å². The molecule has 0 saturated carbocycles. The van der Waals surface area contributed by atoms with Crippen LogP contribution in [0.2, 0.25) is 0 Å². The maximum atomic E-state index is 4.07. The van der Waals surface area contributed by atoms with Gasteiger partial charge < -0.3 is 5.32 Å². The summed E-state index contributed by atoms with van der Waals surface area (Å²) in [6, 6.07) is 6.38. The van der Waals surface area contributed by atoms with Gasteiger partial charge in [-0.05, 0) is 48.7 Å². The number of nitrogens with zero attached hydrogens (tertiary/aromatic N) is 1. The number of pyridine rings is 1. The van der Waals surface area contributed by atoms with E-state index >= 15 is 0 Å². The standard InChI is InChI=1S/C13H16N2S/c1-10-5-8-16-13(10)12(9-14-2)11-3-6-15-7-4-11/h3-8,12,14H,9H2,1-2H3. The first kappa shape index (κ1) is 11.3. The van der Waals surface area contributed by atoms with E-state index in [1.54, 1.807) is 0 Å². The van der Waals surface area contributed by atoms with Crippen LogP contribution in [0.25, 0.3) is 0 Å². The van der Waals surface area contributed by atoms with Crippen molar-refractivity contribution in [3.05, 3.63) is 52.0 Å². The predicted molar refractivity (Wildman–Crippen MR) is 69.1 cm³/mol. The highest BCUT2D eigenvalue weighted by Gasteiger charge is 2.16. The molecule has 0 aliphatic rings. The average Bonchev–Trinajstić information content (AvgIpc) is 2.73. The van der Waals surface area contributed by atoms with E-state index in [2.05, 4.69) is 40.8 Å². The van der Waals surface area contributed by atoms with Crippen molar-refractivity contribution in [1.82, 2.24) is 10.3 Å². The maximum Gasteiger partial charge on any atom is 0.0312 e. The van der Waals surface area contributed by atoms with Crippen molar-refractivity contribution < 1.29 is 0 Å². The second-order valence-electron chi connectivity index (χ2n) is 3.86. The molecule has 1 N–H and O–H groups in total. The van der Waals surface area contributed by atoms with Crippen LogP contribution in [0.15, 0.2) is 36.0 Å². The minimum atomic E-state index is 0.438. The van der Waals surface area contributed by atoms with Gasteiger partial charge in [-0.1, -0.05) is 0 Å². The molecule has 2 rings (SSSR count). The fourth-order valence-electron chi connectivity index (χ4n) is 1.90. The summed E-state index contributed by atoms with van der Waals surface area (Å²) in [5.41, 5.74) is 2.71. The van der Waals surface area contributed by atoms with Crippen LogP contribution in [0.1, 0.15) is 21.9 Å². The fraction of sp³-hybridized carbons (Fsp3) is 0.308. The van der Waals surface area contributed by atoms with Crippen molar-refractivity contribution in [1.29, 1.82) is 0 Å². The predicted octanol–water partition coefficient (Wildman–Crippen LogP) is 2.80. The van der Waals surface area contributed by atoms with E-state index in [9.17, 15) is 0 Å². The molecule has 0 radical (unpaired) electrons. The molecule has 3 heteroatoms. The van der Waals surface area contributed by atoms with Crippen LogP contribution in [0.3, 0.4) is 0 Å². The molecule has 2 nitrogen and oxygen atoms in total. The van der Waals surface area contributed by atoms with Gasteiger partial charge in [-0.15, -0.1) is 11.3 Å². The number of thiophene rings is 1. The van der Waals surface area contributed by atoms with Gasteiger partial charge in [0.25, 0.3) is 0 Å². The van der Waals surface area contributed by atoms with Crippen LogP contribution in [-0.4, -0.2) is 18.6 Å². The zero-order valence-corrected chi connectivity index (χ0v) is 10.4. The third-order valence-electron chi connectivity index (χ3n) is 2.73. The van der Waals surface area contributed by atoms with Gasteiger partial charge in [0.1, 0.15) is 0 Å². The topological polar surface area (TPSA) is 24.9 Å². The quantitative estimate of drug-likeness (QED) is 0.877. The van der Waals surface area contributed by atoms with Gasteiger partial charge in [0, 0.05) is 29.7 Å². The van der Waals surface area contributed by atoms with Crippen molar-refractivity contribution in [3.8, 4) is 0 Å². The highest BCUT2D eigenvalue weighted by molar-refractivity contribution is 7.10. The number of aromatic nitrogens is 1. The zero-order valence-electron chi connectivity index (χ0n) is 9.60. The Hall–Kier alpha value is -1.19. The highest BCUT2D eigenvalue weighted by Crippen LogP contribution is 2.30. The van der Waals surface area contributed by atoms with Crippen LogP contribution in [0.5, 0.6) is 0 Å². The lowest BCUT2D eigenvalue weighted by Crippen LogP contribution is -2.18. The Kier molecular flexibility index (Phi) is 3.70. The lowest BCUT2D eigenvalue weighted by molar-refractivity contribution is 0.713. The molecule has 0 spiro atoms. The first-order chi connectivity index (χ1) is 7.83. The third-order valence-corrected chi connectivity index (χ3v) is 3.87. The van der Waals surface area contributed by atoms with Gasteiger partial charge in [-0.25, -0.2) is 0 Å². The van der Waals surface area contributed by atoms with E-state index in [0.29, 0.717) is 5.92 Å². The van der Waals surface area contributed by atoms with Gasteiger partial charge in [-0.3, -0.25) is 4.98 Å². The Bertz CT molecular complexity index is 436. The van der Waals surface area contributed by atoms with Crippen molar-refractivity contribution in [2.45, 2.75) is 12.8 Å². The minimum Gasteiger partial charge on any atom is -0.319 e. The summed E-state index contributed by atoms with van der Waals surface area (Å²) in [7, 11) is 2.00. The van der Waals surface area contributed by atoms with Gasteiger partial charge >= 0.3 is 0 Å². The lowest BCUT2D eigenvalue weighted by atomic mass is 9.96. The van der Waals surface area contributed by atoms with Crippen LogP contribution in [0, 0.1) is 6.92 Å². The second-order valence-corrected chi connectivity index (χ2v) is 4.81. The molecule has 0 aromatic carbocycles. The molecule has 0 aliphatic heterocycles. The van der Waals surface area contributed by atoms with Crippen LogP contribution in [0.4, 0.5) is 0 Å². The molecule has 84 valence electrons. The Labute approximate surface area is 100 Å². The summed E-state index contributed by atoms with van der Waals surface area (Å²) in [4.78, 5) is 5.52. The first-order valence-corrected chi connectivity index (χ1v) is 6.29. The van der Waals surface area contributed by atoms with Crippen molar-refractivity contribution >= 4 is 11.3 Å². The minimum absolute atomic E-state index is 0.438. The summed E-state index contributed by atoms with van der Waals surface area (Å²) in [6.45, 7) is 3.14. The van der Waals surface area contributed by atoms with E-state index in [1.165, 1.54) is 16.0 Å². The summed E-state index contributed by atoms with van der Waals surface area (Å²) >= 11 is 1.83. The average molecular weight is 232 g/mol. The first-order valence-electron chi connectivity index (χ1n) is 5.41. The number of aryl methyl sites for hydroxylation is 1. The third kappa shape index (κ3) is 2.31. The summed E-state index contributed by atoms with van der Waals surface area (Å²) < 4.78 is 0. The Morgan fingerprint density at radius 1 is 1.31 bits per heavy atom. The zero-order chi connectivity index (χ0) is 11.4. The molecule has 16 heavy (non-hydrogen) atoms.